The molecule has 3 rings (SSSR count). The molecule has 0 radical (unpaired) electrons. The van der Waals surface area contributed by atoms with Gasteiger partial charge in [0, 0.05) is 36.0 Å². The maximum Gasteiger partial charge on any atom is 0.325 e. The van der Waals surface area contributed by atoms with E-state index < -0.39 is 5.54 Å². The maximum atomic E-state index is 12.5. The molecular weight excluding hydrogens is 358 g/mol. The van der Waals surface area contributed by atoms with Gasteiger partial charge in [-0.3, -0.25) is 9.59 Å². The van der Waals surface area contributed by atoms with Crippen LogP contribution in [0.15, 0.2) is 30.5 Å². The molecule has 0 bridgehead atoms. The molecule has 1 amide bonds. The average Bonchev–Trinajstić information content (AvgIpc) is 2.98. The number of amides is 1. The Bertz CT molecular complexity index is 784. The molecule has 3 N–H and O–H groups in total. The van der Waals surface area contributed by atoms with Crippen molar-refractivity contribution in [1.29, 1.82) is 0 Å². The molecule has 0 unspecified atom stereocenters. The van der Waals surface area contributed by atoms with E-state index in [0.29, 0.717) is 38.3 Å². The maximum absolute atomic E-state index is 12.5. The van der Waals surface area contributed by atoms with Crippen LogP contribution >= 0.6 is 12.4 Å². The molecule has 1 aromatic carbocycles. The number of rotatable bonds is 5. The predicted octanol–water partition coefficient (Wildman–Crippen LogP) is 2.07. The smallest absolute Gasteiger partial charge is 0.325 e. The SMILES string of the molecule is CCOC(=O)Cn1ccc2cc(NC(=O)C3(N)CCOCC3)ccc21.Cl. The van der Waals surface area contributed by atoms with E-state index in [1.165, 1.54) is 0 Å². The van der Waals surface area contributed by atoms with Crippen molar-refractivity contribution < 1.29 is 19.1 Å². The van der Waals surface area contributed by atoms with Crippen molar-refractivity contribution in [3.05, 3.63) is 30.5 Å². The lowest BCUT2D eigenvalue weighted by molar-refractivity contribution is -0.143. The first-order chi connectivity index (χ1) is 12.0. The monoisotopic (exact) mass is 381 g/mol. The Hall–Kier alpha value is -2.09. The summed E-state index contributed by atoms with van der Waals surface area (Å²) in [4.78, 5) is 24.1. The lowest BCUT2D eigenvalue weighted by Gasteiger charge is -2.31. The van der Waals surface area contributed by atoms with Crippen molar-refractivity contribution in [3.8, 4) is 0 Å². The number of nitrogens with zero attached hydrogens (tertiary/aromatic N) is 1. The van der Waals surface area contributed by atoms with Gasteiger partial charge in [-0.2, -0.15) is 0 Å². The summed E-state index contributed by atoms with van der Waals surface area (Å²) in [5.74, 6) is -0.469. The zero-order valence-electron chi connectivity index (χ0n) is 14.7. The number of anilines is 1. The molecule has 0 saturated carbocycles. The standard InChI is InChI=1S/C18H23N3O4.ClH/c1-2-25-16(22)12-21-8-5-13-11-14(3-4-15(13)21)20-17(23)18(19)6-9-24-10-7-18;/h3-5,8,11H,2,6-7,9-10,12,19H2,1H3,(H,20,23);1H. The number of fused-ring (bicyclic) bond motifs is 1. The molecule has 0 aliphatic carbocycles. The third-order valence-electron chi connectivity index (χ3n) is 4.47. The zero-order chi connectivity index (χ0) is 17.9. The topological polar surface area (TPSA) is 95.6 Å². The summed E-state index contributed by atoms with van der Waals surface area (Å²) in [7, 11) is 0. The van der Waals surface area contributed by atoms with Crippen LogP contribution in [0.5, 0.6) is 0 Å². The second kappa shape index (κ2) is 8.53. The number of hydrogen-bond donors (Lipinski definition) is 2. The van der Waals surface area contributed by atoms with E-state index in [2.05, 4.69) is 5.32 Å². The van der Waals surface area contributed by atoms with Gasteiger partial charge in [-0.1, -0.05) is 0 Å². The van der Waals surface area contributed by atoms with Gasteiger partial charge >= 0.3 is 5.97 Å². The van der Waals surface area contributed by atoms with Crippen LogP contribution in [0, 0.1) is 0 Å². The number of benzene rings is 1. The van der Waals surface area contributed by atoms with Gasteiger partial charge in [-0.25, -0.2) is 0 Å². The van der Waals surface area contributed by atoms with E-state index in [1.54, 1.807) is 6.92 Å². The van der Waals surface area contributed by atoms with Crippen molar-refractivity contribution in [3.63, 3.8) is 0 Å². The van der Waals surface area contributed by atoms with E-state index in [0.717, 1.165) is 10.9 Å². The fraction of sp³-hybridized carbons (Fsp3) is 0.444. The molecule has 2 aromatic rings. The number of halogens is 1. The van der Waals surface area contributed by atoms with Crippen LogP contribution in [-0.4, -0.2) is 41.8 Å². The minimum atomic E-state index is -0.886. The fourth-order valence-corrected chi connectivity index (χ4v) is 2.98. The number of hydrogen-bond acceptors (Lipinski definition) is 5. The highest BCUT2D eigenvalue weighted by molar-refractivity contribution is 5.99. The molecule has 8 heteroatoms. The van der Waals surface area contributed by atoms with E-state index in [4.69, 9.17) is 15.2 Å². The van der Waals surface area contributed by atoms with Crippen LogP contribution in [-0.2, 0) is 25.6 Å². The van der Waals surface area contributed by atoms with Crippen LogP contribution in [0.3, 0.4) is 0 Å². The first kappa shape index (κ1) is 20.2. The molecule has 1 aliphatic heterocycles. The number of nitrogens with one attached hydrogen (secondary N) is 1. The van der Waals surface area contributed by atoms with E-state index in [-0.39, 0.29) is 30.8 Å². The second-order valence-corrected chi connectivity index (χ2v) is 6.24. The van der Waals surface area contributed by atoms with Crippen LogP contribution in [0.4, 0.5) is 5.69 Å². The van der Waals surface area contributed by atoms with Gasteiger partial charge in [-0.05, 0) is 44.0 Å². The Morgan fingerprint density at radius 1 is 1.31 bits per heavy atom. The highest BCUT2D eigenvalue weighted by Gasteiger charge is 2.35. The highest BCUT2D eigenvalue weighted by atomic mass is 35.5. The molecule has 0 spiro atoms. The minimum absolute atomic E-state index is 0. The van der Waals surface area contributed by atoms with Gasteiger partial charge in [0.25, 0.3) is 0 Å². The number of aromatic nitrogens is 1. The number of nitrogens with two attached hydrogens (primary N) is 1. The largest absolute Gasteiger partial charge is 0.465 e. The van der Waals surface area contributed by atoms with Gasteiger partial charge < -0.3 is 25.1 Å². The third kappa shape index (κ3) is 4.35. The van der Waals surface area contributed by atoms with Crippen LogP contribution < -0.4 is 11.1 Å². The molecule has 1 saturated heterocycles. The Morgan fingerprint density at radius 3 is 2.73 bits per heavy atom. The molecule has 0 atom stereocenters. The number of ether oxygens (including phenoxy) is 2. The van der Waals surface area contributed by atoms with Crippen LogP contribution in [0.2, 0.25) is 0 Å². The van der Waals surface area contributed by atoms with Crippen LogP contribution in [0.25, 0.3) is 10.9 Å². The summed E-state index contributed by atoms with van der Waals surface area (Å²) >= 11 is 0. The summed E-state index contributed by atoms with van der Waals surface area (Å²) in [6.45, 7) is 3.30. The molecule has 2 heterocycles. The summed E-state index contributed by atoms with van der Waals surface area (Å²) in [5.41, 5.74) is 6.90. The molecule has 26 heavy (non-hydrogen) atoms. The Kier molecular flexibility index (Phi) is 6.63. The molecule has 1 fully saturated rings. The van der Waals surface area contributed by atoms with Gasteiger partial charge in [0.05, 0.1) is 6.61 Å². The molecular formula is C18H24ClN3O4. The van der Waals surface area contributed by atoms with Crippen molar-refractivity contribution in [1.82, 2.24) is 4.57 Å². The molecule has 7 nitrogen and oxygen atoms in total. The van der Waals surface area contributed by atoms with Crippen molar-refractivity contribution in [2.75, 3.05) is 25.1 Å². The molecule has 1 aliphatic rings. The lowest BCUT2D eigenvalue weighted by Crippen LogP contribution is -2.54. The van der Waals surface area contributed by atoms with Gasteiger partial charge in [-0.15, -0.1) is 12.4 Å². The summed E-state index contributed by atoms with van der Waals surface area (Å²) in [6, 6.07) is 7.45. The number of carbonyl (C=O) groups excluding carboxylic acids is 2. The second-order valence-electron chi connectivity index (χ2n) is 6.24. The Labute approximate surface area is 158 Å². The van der Waals surface area contributed by atoms with Gasteiger partial charge in [0.15, 0.2) is 0 Å². The van der Waals surface area contributed by atoms with Crippen LogP contribution in [0.1, 0.15) is 19.8 Å². The summed E-state index contributed by atoms with van der Waals surface area (Å²) in [6.07, 6.45) is 2.85. The minimum Gasteiger partial charge on any atom is -0.465 e. The fourth-order valence-electron chi connectivity index (χ4n) is 2.98. The van der Waals surface area contributed by atoms with E-state index >= 15 is 0 Å². The normalized spacial score (nSPS) is 15.9. The van der Waals surface area contributed by atoms with Crippen molar-refractivity contribution >= 4 is 40.9 Å². The Morgan fingerprint density at radius 2 is 2.04 bits per heavy atom. The van der Waals surface area contributed by atoms with Gasteiger partial charge in [0.1, 0.15) is 12.1 Å². The van der Waals surface area contributed by atoms with Crippen molar-refractivity contribution in [2.45, 2.75) is 31.8 Å². The quantitative estimate of drug-likeness (QED) is 0.773. The highest BCUT2D eigenvalue weighted by Crippen LogP contribution is 2.23. The first-order valence-electron chi connectivity index (χ1n) is 8.44. The van der Waals surface area contributed by atoms with Gasteiger partial charge in [0.2, 0.25) is 5.91 Å². The summed E-state index contributed by atoms with van der Waals surface area (Å²) in [5, 5.41) is 3.82. The van der Waals surface area contributed by atoms with Crippen molar-refractivity contribution in [2.24, 2.45) is 5.73 Å². The molecule has 1 aromatic heterocycles. The van der Waals surface area contributed by atoms with E-state index in [9.17, 15) is 9.59 Å². The van der Waals surface area contributed by atoms with E-state index in [1.807, 2.05) is 35.0 Å². The lowest BCUT2D eigenvalue weighted by atomic mass is 9.90. The summed E-state index contributed by atoms with van der Waals surface area (Å²) < 4.78 is 12.1. The number of esters is 1. The first-order valence-corrected chi connectivity index (χ1v) is 8.44. The predicted molar refractivity (Wildman–Crippen MR) is 101 cm³/mol. The third-order valence-corrected chi connectivity index (χ3v) is 4.47. The average molecular weight is 382 g/mol. The number of carbonyl (C=O) groups is 2. The molecule has 142 valence electrons. The Balaban J connectivity index is 0.00000243. The zero-order valence-corrected chi connectivity index (χ0v) is 15.5.